The zero-order chi connectivity index (χ0) is 17.0. The SMILES string of the molecule is CCN(CC)C(=O)c1ccc(S(=O)(=O)N2CCN(C)CC2)cc1. The number of carbonyl (C=O) groups is 1. The smallest absolute Gasteiger partial charge is 0.253 e. The molecule has 0 saturated carbocycles. The largest absolute Gasteiger partial charge is 0.339 e. The zero-order valence-electron chi connectivity index (χ0n) is 14.0. The lowest BCUT2D eigenvalue weighted by molar-refractivity contribution is 0.0773. The Labute approximate surface area is 138 Å². The Bertz CT molecular complexity index is 631. The van der Waals surface area contributed by atoms with Crippen LogP contribution in [0.2, 0.25) is 0 Å². The fourth-order valence-corrected chi connectivity index (χ4v) is 4.06. The average Bonchev–Trinajstić information content (AvgIpc) is 2.56. The Hall–Kier alpha value is -1.44. The van der Waals surface area contributed by atoms with Gasteiger partial charge in [0.2, 0.25) is 10.0 Å². The van der Waals surface area contributed by atoms with E-state index in [1.165, 1.54) is 16.4 Å². The molecule has 0 atom stereocenters. The maximum Gasteiger partial charge on any atom is 0.253 e. The molecule has 0 N–H and O–H groups in total. The summed E-state index contributed by atoms with van der Waals surface area (Å²) in [7, 11) is -1.49. The molecule has 0 radical (unpaired) electrons. The first-order valence-electron chi connectivity index (χ1n) is 7.98. The van der Waals surface area contributed by atoms with Crippen LogP contribution in [0.25, 0.3) is 0 Å². The van der Waals surface area contributed by atoms with Crippen LogP contribution in [0.5, 0.6) is 0 Å². The molecular weight excluding hydrogens is 314 g/mol. The molecule has 7 heteroatoms. The van der Waals surface area contributed by atoms with E-state index in [0.717, 1.165) is 13.1 Å². The number of hydrogen-bond acceptors (Lipinski definition) is 4. The van der Waals surface area contributed by atoms with Gasteiger partial charge in [0.05, 0.1) is 4.90 Å². The van der Waals surface area contributed by atoms with Crippen molar-refractivity contribution in [1.29, 1.82) is 0 Å². The van der Waals surface area contributed by atoms with Crippen molar-refractivity contribution in [3.05, 3.63) is 29.8 Å². The van der Waals surface area contributed by atoms with Gasteiger partial charge in [0.25, 0.3) is 5.91 Å². The Morgan fingerprint density at radius 1 is 1.04 bits per heavy atom. The van der Waals surface area contributed by atoms with Crippen LogP contribution in [0.4, 0.5) is 0 Å². The minimum absolute atomic E-state index is 0.0708. The lowest BCUT2D eigenvalue weighted by Gasteiger charge is -2.31. The van der Waals surface area contributed by atoms with Gasteiger partial charge in [0.15, 0.2) is 0 Å². The van der Waals surface area contributed by atoms with Crippen molar-refractivity contribution in [3.8, 4) is 0 Å². The van der Waals surface area contributed by atoms with Crippen molar-refractivity contribution in [1.82, 2.24) is 14.1 Å². The summed E-state index contributed by atoms with van der Waals surface area (Å²) < 4.78 is 26.8. The van der Waals surface area contributed by atoms with Gasteiger partial charge in [-0.25, -0.2) is 8.42 Å². The summed E-state index contributed by atoms with van der Waals surface area (Å²) in [6.07, 6.45) is 0. The van der Waals surface area contributed by atoms with Crippen molar-refractivity contribution < 1.29 is 13.2 Å². The number of piperazine rings is 1. The normalized spacial score (nSPS) is 17.2. The number of carbonyl (C=O) groups excluding carboxylic acids is 1. The second kappa shape index (κ2) is 7.42. The Morgan fingerprint density at radius 2 is 1.57 bits per heavy atom. The lowest BCUT2D eigenvalue weighted by Crippen LogP contribution is -2.47. The summed E-state index contributed by atoms with van der Waals surface area (Å²) in [4.78, 5) is 16.3. The van der Waals surface area contributed by atoms with Crippen molar-refractivity contribution in [2.24, 2.45) is 0 Å². The van der Waals surface area contributed by atoms with E-state index < -0.39 is 10.0 Å². The topological polar surface area (TPSA) is 60.9 Å². The molecule has 1 aromatic carbocycles. The highest BCUT2D eigenvalue weighted by atomic mass is 32.2. The highest BCUT2D eigenvalue weighted by molar-refractivity contribution is 7.89. The van der Waals surface area contributed by atoms with E-state index in [2.05, 4.69) is 4.90 Å². The van der Waals surface area contributed by atoms with E-state index in [-0.39, 0.29) is 10.8 Å². The van der Waals surface area contributed by atoms with E-state index in [0.29, 0.717) is 31.7 Å². The Kier molecular flexibility index (Phi) is 5.78. The van der Waals surface area contributed by atoms with E-state index in [1.807, 2.05) is 20.9 Å². The molecule has 1 heterocycles. The van der Waals surface area contributed by atoms with Crippen LogP contribution < -0.4 is 0 Å². The molecule has 23 heavy (non-hydrogen) atoms. The van der Waals surface area contributed by atoms with Crippen molar-refractivity contribution in [2.75, 3.05) is 46.3 Å². The molecule has 6 nitrogen and oxygen atoms in total. The summed E-state index contributed by atoms with van der Waals surface area (Å²) in [5, 5.41) is 0. The molecular formula is C16H25N3O3S. The highest BCUT2D eigenvalue weighted by Gasteiger charge is 2.27. The quantitative estimate of drug-likeness (QED) is 0.806. The highest BCUT2D eigenvalue weighted by Crippen LogP contribution is 2.18. The molecule has 0 aliphatic carbocycles. The lowest BCUT2D eigenvalue weighted by atomic mass is 10.2. The first-order valence-corrected chi connectivity index (χ1v) is 9.42. The summed E-state index contributed by atoms with van der Waals surface area (Å²) in [5.41, 5.74) is 0.519. The first-order chi connectivity index (χ1) is 10.9. The molecule has 1 aromatic rings. The van der Waals surface area contributed by atoms with Gasteiger partial charge in [-0.2, -0.15) is 4.31 Å². The van der Waals surface area contributed by atoms with Crippen LogP contribution in [0.3, 0.4) is 0 Å². The standard InChI is InChI=1S/C16H25N3O3S/c1-4-18(5-2)16(20)14-6-8-15(9-7-14)23(21,22)19-12-10-17(3)11-13-19/h6-9H,4-5,10-13H2,1-3H3. The van der Waals surface area contributed by atoms with Gasteiger partial charge in [-0.05, 0) is 45.2 Å². The minimum Gasteiger partial charge on any atom is -0.339 e. The number of amides is 1. The summed E-state index contributed by atoms with van der Waals surface area (Å²) >= 11 is 0. The predicted molar refractivity (Wildman–Crippen MR) is 89.9 cm³/mol. The van der Waals surface area contributed by atoms with Crippen LogP contribution in [0.1, 0.15) is 24.2 Å². The summed E-state index contributed by atoms with van der Waals surface area (Å²) in [6, 6.07) is 6.27. The van der Waals surface area contributed by atoms with Crippen LogP contribution in [0.15, 0.2) is 29.2 Å². The van der Waals surface area contributed by atoms with Crippen LogP contribution in [0, 0.1) is 0 Å². The fraction of sp³-hybridized carbons (Fsp3) is 0.562. The summed E-state index contributed by atoms with van der Waals surface area (Å²) in [5.74, 6) is -0.0708. The van der Waals surface area contributed by atoms with Crippen molar-refractivity contribution in [3.63, 3.8) is 0 Å². The van der Waals surface area contributed by atoms with Gasteiger partial charge in [-0.3, -0.25) is 4.79 Å². The molecule has 1 amide bonds. The van der Waals surface area contributed by atoms with Crippen LogP contribution in [-0.2, 0) is 10.0 Å². The molecule has 1 aliphatic rings. The average molecular weight is 339 g/mol. The number of benzene rings is 1. The minimum atomic E-state index is -3.48. The molecule has 0 spiro atoms. The third-order valence-corrected chi connectivity index (χ3v) is 6.16. The van der Waals surface area contributed by atoms with Crippen LogP contribution in [-0.4, -0.2) is 74.7 Å². The van der Waals surface area contributed by atoms with E-state index >= 15 is 0 Å². The maximum absolute atomic E-state index is 12.6. The number of sulfonamides is 1. The summed E-state index contributed by atoms with van der Waals surface area (Å²) in [6.45, 7) is 7.59. The van der Waals surface area contributed by atoms with Gasteiger partial charge in [-0.1, -0.05) is 0 Å². The van der Waals surface area contributed by atoms with E-state index in [4.69, 9.17) is 0 Å². The van der Waals surface area contributed by atoms with E-state index in [1.54, 1.807) is 17.0 Å². The second-order valence-electron chi connectivity index (χ2n) is 5.71. The number of rotatable bonds is 5. The molecule has 2 rings (SSSR count). The van der Waals surface area contributed by atoms with Gasteiger partial charge in [0.1, 0.15) is 0 Å². The van der Waals surface area contributed by atoms with Gasteiger partial charge in [0, 0.05) is 44.8 Å². The molecule has 1 aliphatic heterocycles. The molecule has 0 unspecified atom stereocenters. The predicted octanol–water partition coefficient (Wildman–Crippen LogP) is 1.10. The fourth-order valence-electron chi connectivity index (χ4n) is 2.64. The van der Waals surface area contributed by atoms with Gasteiger partial charge >= 0.3 is 0 Å². The maximum atomic E-state index is 12.6. The van der Waals surface area contributed by atoms with Crippen molar-refractivity contribution >= 4 is 15.9 Å². The first kappa shape index (κ1) is 17.9. The second-order valence-corrected chi connectivity index (χ2v) is 7.65. The monoisotopic (exact) mass is 339 g/mol. The van der Waals surface area contributed by atoms with Crippen molar-refractivity contribution in [2.45, 2.75) is 18.7 Å². The molecule has 0 bridgehead atoms. The Balaban J connectivity index is 2.17. The zero-order valence-corrected chi connectivity index (χ0v) is 14.8. The van der Waals surface area contributed by atoms with Gasteiger partial charge in [-0.15, -0.1) is 0 Å². The van der Waals surface area contributed by atoms with Crippen LogP contribution >= 0.6 is 0 Å². The molecule has 1 fully saturated rings. The molecule has 1 saturated heterocycles. The van der Waals surface area contributed by atoms with E-state index in [9.17, 15) is 13.2 Å². The Morgan fingerprint density at radius 3 is 2.04 bits per heavy atom. The number of nitrogens with zero attached hydrogens (tertiary/aromatic N) is 3. The van der Waals surface area contributed by atoms with Gasteiger partial charge < -0.3 is 9.80 Å². The molecule has 0 aromatic heterocycles. The number of hydrogen-bond donors (Lipinski definition) is 0. The third-order valence-electron chi connectivity index (χ3n) is 4.25. The molecule has 128 valence electrons. The third kappa shape index (κ3) is 3.91. The number of likely N-dealkylation sites (N-methyl/N-ethyl adjacent to an activating group) is 1.